The zero-order chi connectivity index (χ0) is 12.4. The first-order valence-corrected chi connectivity index (χ1v) is 5.57. The van der Waals surface area contributed by atoms with Gasteiger partial charge in [0.05, 0.1) is 13.2 Å². The number of carbonyl (C=O) groups excluding carboxylic acids is 1. The van der Waals surface area contributed by atoms with Crippen LogP contribution >= 0.6 is 0 Å². The van der Waals surface area contributed by atoms with Gasteiger partial charge < -0.3 is 19.8 Å². The van der Waals surface area contributed by atoms with Gasteiger partial charge >= 0.3 is 6.09 Å². The first-order chi connectivity index (χ1) is 7.26. The Morgan fingerprint density at radius 2 is 2.12 bits per heavy atom. The number of likely N-dealkylation sites (tertiary alicyclic amines) is 1. The van der Waals surface area contributed by atoms with Crippen molar-refractivity contribution in [3.8, 4) is 0 Å². The van der Waals surface area contributed by atoms with Gasteiger partial charge in [0.25, 0.3) is 0 Å². The number of β-amino-alcohol motifs (C(OH)–C–C–N with tert-alkyl or cyclic N) is 1. The van der Waals surface area contributed by atoms with Crippen molar-refractivity contribution in [2.24, 2.45) is 0 Å². The average molecular weight is 231 g/mol. The van der Waals surface area contributed by atoms with Gasteiger partial charge in [-0.25, -0.2) is 4.79 Å². The van der Waals surface area contributed by atoms with Gasteiger partial charge in [0.2, 0.25) is 0 Å². The molecule has 0 aromatic heterocycles. The lowest BCUT2D eigenvalue weighted by molar-refractivity contribution is -0.0704. The van der Waals surface area contributed by atoms with Crippen molar-refractivity contribution in [1.82, 2.24) is 4.90 Å². The summed E-state index contributed by atoms with van der Waals surface area (Å²) >= 11 is 0. The maximum atomic E-state index is 11.7. The molecule has 94 valence electrons. The normalized spacial score (nSPS) is 26.7. The topological polar surface area (TPSA) is 70.0 Å². The lowest BCUT2D eigenvalue weighted by atomic mass is 9.94. The van der Waals surface area contributed by atoms with Crippen LogP contribution in [0.2, 0.25) is 0 Å². The number of hydrogen-bond donors (Lipinski definition) is 2. The highest BCUT2D eigenvalue weighted by molar-refractivity contribution is 5.68. The van der Waals surface area contributed by atoms with E-state index >= 15 is 0 Å². The number of amides is 1. The quantitative estimate of drug-likeness (QED) is 0.698. The minimum atomic E-state index is -1.17. The number of piperidine rings is 1. The monoisotopic (exact) mass is 231 g/mol. The molecular weight excluding hydrogens is 210 g/mol. The first kappa shape index (κ1) is 13.3. The molecule has 1 saturated heterocycles. The molecule has 5 heteroatoms. The molecule has 1 aliphatic rings. The van der Waals surface area contributed by atoms with E-state index < -0.39 is 17.3 Å². The van der Waals surface area contributed by atoms with E-state index in [4.69, 9.17) is 9.84 Å². The van der Waals surface area contributed by atoms with Crippen molar-refractivity contribution in [2.75, 3.05) is 19.7 Å². The summed E-state index contributed by atoms with van der Waals surface area (Å²) in [5.41, 5.74) is -1.71. The Hall–Kier alpha value is -0.810. The Morgan fingerprint density at radius 1 is 1.50 bits per heavy atom. The maximum Gasteiger partial charge on any atom is 0.410 e. The van der Waals surface area contributed by atoms with Crippen LogP contribution in [0, 0.1) is 0 Å². The molecule has 1 atom stereocenters. The van der Waals surface area contributed by atoms with Gasteiger partial charge in [0.15, 0.2) is 0 Å². The zero-order valence-corrected chi connectivity index (χ0v) is 10.2. The van der Waals surface area contributed by atoms with Crippen molar-refractivity contribution < 1.29 is 19.7 Å². The van der Waals surface area contributed by atoms with Gasteiger partial charge in [-0.05, 0) is 33.6 Å². The maximum absolute atomic E-state index is 11.7. The fraction of sp³-hybridized carbons (Fsp3) is 0.909. The van der Waals surface area contributed by atoms with Crippen LogP contribution in [0.25, 0.3) is 0 Å². The second-order valence-corrected chi connectivity index (χ2v) is 5.39. The van der Waals surface area contributed by atoms with Gasteiger partial charge in [0.1, 0.15) is 11.2 Å². The van der Waals surface area contributed by atoms with Crippen molar-refractivity contribution in [1.29, 1.82) is 0 Å². The molecule has 0 spiro atoms. The molecule has 16 heavy (non-hydrogen) atoms. The SMILES string of the molecule is CC(C)(C)OC(=O)N1CCC[C@](O)(CO)C1. The van der Waals surface area contributed by atoms with Crippen LogP contribution in [-0.2, 0) is 4.74 Å². The van der Waals surface area contributed by atoms with Crippen LogP contribution in [0.4, 0.5) is 4.79 Å². The molecule has 0 saturated carbocycles. The van der Waals surface area contributed by atoms with Gasteiger partial charge in [-0.15, -0.1) is 0 Å². The molecule has 1 amide bonds. The van der Waals surface area contributed by atoms with E-state index in [2.05, 4.69) is 0 Å². The summed E-state index contributed by atoms with van der Waals surface area (Å²) in [5.74, 6) is 0. The van der Waals surface area contributed by atoms with Crippen molar-refractivity contribution in [2.45, 2.75) is 44.8 Å². The average Bonchev–Trinajstić information content (AvgIpc) is 2.15. The summed E-state index contributed by atoms with van der Waals surface area (Å²) < 4.78 is 5.21. The smallest absolute Gasteiger partial charge is 0.410 e. The van der Waals surface area contributed by atoms with E-state index in [1.165, 1.54) is 4.90 Å². The van der Waals surface area contributed by atoms with Crippen molar-refractivity contribution in [3.05, 3.63) is 0 Å². The summed E-state index contributed by atoms with van der Waals surface area (Å²) in [4.78, 5) is 13.2. The van der Waals surface area contributed by atoms with Gasteiger partial charge in [-0.1, -0.05) is 0 Å². The summed E-state index contributed by atoms with van der Waals surface area (Å²) in [6.07, 6.45) is 0.762. The molecule has 0 bridgehead atoms. The number of rotatable bonds is 1. The molecule has 0 aliphatic carbocycles. The second kappa shape index (κ2) is 4.59. The number of ether oxygens (including phenoxy) is 1. The third-order valence-corrected chi connectivity index (χ3v) is 2.50. The second-order valence-electron chi connectivity index (χ2n) is 5.39. The van der Waals surface area contributed by atoms with E-state index in [1.54, 1.807) is 20.8 Å². The largest absolute Gasteiger partial charge is 0.444 e. The highest BCUT2D eigenvalue weighted by atomic mass is 16.6. The molecule has 1 heterocycles. The van der Waals surface area contributed by atoms with Crippen LogP contribution in [0.15, 0.2) is 0 Å². The van der Waals surface area contributed by atoms with Crippen LogP contribution in [-0.4, -0.2) is 52.1 Å². The number of aliphatic hydroxyl groups excluding tert-OH is 1. The summed E-state index contributed by atoms with van der Waals surface area (Å²) in [5, 5.41) is 19.0. The van der Waals surface area contributed by atoms with Gasteiger partial charge in [0, 0.05) is 6.54 Å². The zero-order valence-electron chi connectivity index (χ0n) is 10.2. The highest BCUT2D eigenvalue weighted by Gasteiger charge is 2.36. The van der Waals surface area contributed by atoms with E-state index in [1.807, 2.05) is 0 Å². The Balaban J connectivity index is 2.57. The molecule has 2 N–H and O–H groups in total. The number of aliphatic hydroxyl groups is 2. The Kier molecular flexibility index (Phi) is 3.80. The van der Waals surface area contributed by atoms with Crippen molar-refractivity contribution >= 4 is 6.09 Å². The lowest BCUT2D eigenvalue weighted by Gasteiger charge is -2.38. The van der Waals surface area contributed by atoms with Gasteiger partial charge in [-0.2, -0.15) is 0 Å². The minimum absolute atomic E-state index is 0.137. The van der Waals surface area contributed by atoms with E-state index in [-0.39, 0.29) is 13.2 Å². The molecule has 0 unspecified atom stereocenters. The molecule has 1 fully saturated rings. The lowest BCUT2D eigenvalue weighted by Crippen LogP contribution is -2.53. The molecule has 0 aromatic carbocycles. The Bertz CT molecular complexity index is 261. The molecule has 5 nitrogen and oxygen atoms in total. The Morgan fingerprint density at radius 3 is 2.62 bits per heavy atom. The fourth-order valence-electron chi connectivity index (χ4n) is 1.72. The van der Waals surface area contributed by atoms with E-state index in [0.29, 0.717) is 19.4 Å². The standard InChI is InChI=1S/C11H21NO4/c1-10(2,3)16-9(14)12-6-4-5-11(15,7-12)8-13/h13,15H,4-8H2,1-3H3/t11-/m1/s1. The van der Waals surface area contributed by atoms with Crippen molar-refractivity contribution in [3.63, 3.8) is 0 Å². The molecule has 0 radical (unpaired) electrons. The van der Waals surface area contributed by atoms with Crippen LogP contribution in [0.5, 0.6) is 0 Å². The summed E-state index contributed by atoms with van der Waals surface area (Å²) in [7, 11) is 0. The fourth-order valence-corrected chi connectivity index (χ4v) is 1.72. The summed E-state index contributed by atoms with van der Waals surface area (Å²) in [6.45, 7) is 5.77. The van der Waals surface area contributed by atoms with Crippen LogP contribution < -0.4 is 0 Å². The number of hydrogen-bond acceptors (Lipinski definition) is 4. The number of nitrogens with zero attached hydrogens (tertiary/aromatic N) is 1. The van der Waals surface area contributed by atoms with Crippen LogP contribution in [0.3, 0.4) is 0 Å². The first-order valence-electron chi connectivity index (χ1n) is 5.57. The van der Waals surface area contributed by atoms with E-state index in [9.17, 15) is 9.90 Å². The van der Waals surface area contributed by atoms with Crippen LogP contribution in [0.1, 0.15) is 33.6 Å². The molecule has 1 rings (SSSR count). The Labute approximate surface area is 96.0 Å². The third-order valence-electron chi connectivity index (χ3n) is 2.50. The molecular formula is C11H21NO4. The van der Waals surface area contributed by atoms with E-state index in [0.717, 1.165) is 0 Å². The third kappa shape index (κ3) is 3.64. The predicted octanol–water partition coefficient (Wildman–Crippen LogP) is 0.741. The predicted molar refractivity (Wildman–Crippen MR) is 59.1 cm³/mol. The number of carbonyl (C=O) groups is 1. The molecule has 1 aliphatic heterocycles. The minimum Gasteiger partial charge on any atom is -0.444 e. The summed E-state index contributed by atoms with van der Waals surface area (Å²) in [6, 6.07) is 0. The molecule has 0 aromatic rings. The highest BCUT2D eigenvalue weighted by Crippen LogP contribution is 2.22. The van der Waals surface area contributed by atoms with Gasteiger partial charge in [-0.3, -0.25) is 0 Å².